The Kier molecular flexibility index (Phi) is 4.79. The van der Waals surface area contributed by atoms with Gasteiger partial charge in [-0.3, -0.25) is 0 Å². The van der Waals surface area contributed by atoms with E-state index in [2.05, 4.69) is 6.92 Å². The predicted octanol–water partition coefficient (Wildman–Crippen LogP) is 4.68. The van der Waals surface area contributed by atoms with Crippen LogP contribution in [0.5, 0.6) is 0 Å². The molecule has 20 heavy (non-hydrogen) atoms. The van der Waals surface area contributed by atoms with Crippen LogP contribution in [0.4, 0.5) is 4.39 Å². The van der Waals surface area contributed by atoms with E-state index in [0.29, 0.717) is 17.0 Å². The summed E-state index contributed by atoms with van der Waals surface area (Å²) in [6.07, 6.45) is 2.17. The smallest absolute Gasteiger partial charge is 0.126 e. The first-order chi connectivity index (χ1) is 9.55. The summed E-state index contributed by atoms with van der Waals surface area (Å²) >= 11 is 5.96. The van der Waals surface area contributed by atoms with Crippen LogP contribution in [-0.2, 0) is 12.0 Å². The second-order valence-corrected chi connectivity index (χ2v) is 5.62. The van der Waals surface area contributed by atoms with Crippen molar-refractivity contribution in [2.75, 3.05) is 0 Å². The van der Waals surface area contributed by atoms with E-state index >= 15 is 0 Å². The Morgan fingerprint density at radius 1 is 1.15 bits per heavy atom. The van der Waals surface area contributed by atoms with Crippen LogP contribution >= 0.6 is 11.6 Å². The Bertz CT molecular complexity index is 570. The Morgan fingerprint density at radius 3 is 2.50 bits per heavy atom. The zero-order valence-corrected chi connectivity index (χ0v) is 12.3. The van der Waals surface area contributed by atoms with Gasteiger partial charge in [-0.2, -0.15) is 0 Å². The minimum absolute atomic E-state index is 0.253. The molecule has 0 aromatic heterocycles. The fourth-order valence-electron chi connectivity index (χ4n) is 2.57. The van der Waals surface area contributed by atoms with Gasteiger partial charge < -0.3 is 5.73 Å². The molecular formula is C17H19ClFN. The van der Waals surface area contributed by atoms with Crippen LogP contribution in [-0.4, -0.2) is 0 Å². The van der Waals surface area contributed by atoms with E-state index in [1.54, 1.807) is 12.1 Å². The lowest BCUT2D eigenvalue weighted by atomic mass is 9.81. The monoisotopic (exact) mass is 291 g/mol. The number of nitrogens with two attached hydrogens (primary N) is 1. The first kappa shape index (κ1) is 15.0. The Morgan fingerprint density at radius 2 is 1.85 bits per heavy atom. The molecule has 0 saturated heterocycles. The molecule has 0 aliphatic rings. The van der Waals surface area contributed by atoms with Crippen LogP contribution in [0.15, 0.2) is 48.5 Å². The fraction of sp³-hybridized carbons (Fsp3) is 0.294. The molecule has 1 atom stereocenters. The SMILES string of the molecule is CCCC(N)(Cc1cc(Cl)ccc1F)c1ccccc1. The normalized spacial score (nSPS) is 14.0. The highest BCUT2D eigenvalue weighted by molar-refractivity contribution is 6.30. The van der Waals surface area contributed by atoms with Crippen LogP contribution in [0.3, 0.4) is 0 Å². The maximum Gasteiger partial charge on any atom is 0.126 e. The summed E-state index contributed by atoms with van der Waals surface area (Å²) in [7, 11) is 0. The zero-order valence-electron chi connectivity index (χ0n) is 11.6. The summed E-state index contributed by atoms with van der Waals surface area (Å²) in [5.41, 5.74) is 7.60. The number of halogens is 2. The highest BCUT2D eigenvalue weighted by Crippen LogP contribution is 2.30. The number of hydrogen-bond acceptors (Lipinski definition) is 1. The standard InChI is InChI=1S/C17H19ClFN/c1-2-10-17(20,14-6-4-3-5-7-14)12-13-11-15(18)8-9-16(13)19/h3-9,11H,2,10,12,20H2,1H3. The molecule has 0 fully saturated rings. The molecule has 0 saturated carbocycles. The molecule has 2 rings (SSSR count). The Hall–Kier alpha value is -1.38. The summed E-state index contributed by atoms with van der Waals surface area (Å²) in [6, 6.07) is 14.5. The van der Waals surface area contributed by atoms with Crippen LogP contribution in [0.1, 0.15) is 30.9 Å². The number of benzene rings is 2. The molecule has 2 N–H and O–H groups in total. The molecule has 0 aliphatic carbocycles. The molecule has 0 aliphatic heterocycles. The van der Waals surface area contributed by atoms with Gasteiger partial charge in [-0.15, -0.1) is 0 Å². The van der Waals surface area contributed by atoms with Gasteiger partial charge in [0.15, 0.2) is 0 Å². The molecular weight excluding hydrogens is 273 g/mol. The molecule has 0 spiro atoms. The van der Waals surface area contributed by atoms with Gasteiger partial charge in [-0.1, -0.05) is 55.3 Å². The van der Waals surface area contributed by atoms with E-state index < -0.39 is 5.54 Å². The molecule has 2 aromatic carbocycles. The van der Waals surface area contributed by atoms with Gasteiger partial charge >= 0.3 is 0 Å². The average Bonchev–Trinajstić information content (AvgIpc) is 2.44. The van der Waals surface area contributed by atoms with Crippen LogP contribution in [0, 0.1) is 5.82 Å². The minimum Gasteiger partial charge on any atom is -0.321 e. The van der Waals surface area contributed by atoms with Gasteiger partial charge in [0.2, 0.25) is 0 Å². The molecule has 0 radical (unpaired) electrons. The maximum absolute atomic E-state index is 13.9. The second kappa shape index (κ2) is 6.38. The molecule has 0 amide bonds. The van der Waals surface area contributed by atoms with Crippen molar-refractivity contribution in [3.8, 4) is 0 Å². The Labute approximate surface area is 124 Å². The van der Waals surface area contributed by atoms with Crippen molar-refractivity contribution in [2.45, 2.75) is 31.7 Å². The summed E-state index contributed by atoms with van der Waals surface area (Å²) < 4.78 is 13.9. The van der Waals surface area contributed by atoms with Crippen LogP contribution in [0.2, 0.25) is 5.02 Å². The highest BCUT2D eigenvalue weighted by Gasteiger charge is 2.27. The maximum atomic E-state index is 13.9. The molecule has 3 heteroatoms. The number of rotatable bonds is 5. The molecule has 0 heterocycles. The average molecular weight is 292 g/mol. The summed E-state index contributed by atoms with van der Waals surface area (Å²) in [6.45, 7) is 2.08. The highest BCUT2D eigenvalue weighted by atomic mass is 35.5. The first-order valence-electron chi connectivity index (χ1n) is 6.83. The fourth-order valence-corrected chi connectivity index (χ4v) is 2.76. The molecule has 2 aromatic rings. The lowest BCUT2D eigenvalue weighted by molar-refractivity contribution is 0.393. The van der Waals surface area contributed by atoms with E-state index in [-0.39, 0.29) is 5.82 Å². The topological polar surface area (TPSA) is 26.0 Å². The Balaban J connectivity index is 2.36. The molecule has 0 bridgehead atoms. The first-order valence-corrected chi connectivity index (χ1v) is 7.21. The largest absolute Gasteiger partial charge is 0.321 e. The van der Waals surface area contributed by atoms with E-state index in [9.17, 15) is 4.39 Å². The quantitative estimate of drug-likeness (QED) is 0.851. The van der Waals surface area contributed by atoms with Crippen molar-refractivity contribution < 1.29 is 4.39 Å². The van der Waals surface area contributed by atoms with Crippen molar-refractivity contribution in [2.24, 2.45) is 5.73 Å². The van der Waals surface area contributed by atoms with Crippen LogP contribution in [0.25, 0.3) is 0 Å². The number of hydrogen-bond donors (Lipinski definition) is 1. The van der Waals surface area contributed by atoms with Gasteiger partial charge in [0.25, 0.3) is 0 Å². The van der Waals surface area contributed by atoms with Gasteiger partial charge in [-0.05, 0) is 42.2 Å². The van der Waals surface area contributed by atoms with Gasteiger partial charge in [0.05, 0.1) is 0 Å². The summed E-state index contributed by atoms with van der Waals surface area (Å²) in [4.78, 5) is 0. The summed E-state index contributed by atoms with van der Waals surface area (Å²) in [5.74, 6) is -0.253. The predicted molar refractivity (Wildman–Crippen MR) is 82.3 cm³/mol. The molecule has 1 nitrogen and oxygen atoms in total. The third-order valence-electron chi connectivity index (χ3n) is 3.56. The van der Waals surface area contributed by atoms with E-state index in [4.69, 9.17) is 17.3 Å². The second-order valence-electron chi connectivity index (χ2n) is 5.18. The minimum atomic E-state index is -0.568. The van der Waals surface area contributed by atoms with Crippen LogP contribution < -0.4 is 5.73 Å². The van der Waals surface area contributed by atoms with Gasteiger partial charge in [0.1, 0.15) is 5.82 Å². The van der Waals surface area contributed by atoms with Crippen molar-refractivity contribution in [3.63, 3.8) is 0 Å². The van der Waals surface area contributed by atoms with Crippen molar-refractivity contribution in [1.82, 2.24) is 0 Å². The van der Waals surface area contributed by atoms with E-state index in [0.717, 1.165) is 18.4 Å². The third kappa shape index (κ3) is 3.38. The molecule has 1 unspecified atom stereocenters. The van der Waals surface area contributed by atoms with Gasteiger partial charge in [0, 0.05) is 10.6 Å². The van der Waals surface area contributed by atoms with Crippen molar-refractivity contribution in [3.05, 3.63) is 70.5 Å². The molecule has 106 valence electrons. The van der Waals surface area contributed by atoms with Crippen molar-refractivity contribution >= 4 is 11.6 Å². The zero-order chi connectivity index (χ0) is 14.6. The van der Waals surface area contributed by atoms with E-state index in [1.165, 1.54) is 6.07 Å². The third-order valence-corrected chi connectivity index (χ3v) is 3.79. The van der Waals surface area contributed by atoms with E-state index in [1.807, 2.05) is 30.3 Å². The van der Waals surface area contributed by atoms with Crippen molar-refractivity contribution in [1.29, 1.82) is 0 Å². The van der Waals surface area contributed by atoms with Gasteiger partial charge in [-0.25, -0.2) is 4.39 Å². The summed E-state index contributed by atoms with van der Waals surface area (Å²) in [5, 5.41) is 0.535. The lowest BCUT2D eigenvalue weighted by Gasteiger charge is -2.30. The lowest BCUT2D eigenvalue weighted by Crippen LogP contribution is -2.39.